The van der Waals surface area contributed by atoms with Gasteiger partial charge >= 0.3 is 0 Å². The Bertz CT molecular complexity index is 1840. The average molecular weight is 640 g/mol. The van der Waals surface area contributed by atoms with Crippen molar-refractivity contribution < 1.29 is 23.2 Å². The van der Waals surface area contributed by atoms with Gasteiger partial charge in [0.05, 0.1) is 10.3 Å². The van der Waals surface area contributed by atoms with Gasteiger partial charge < -0.3 is 20.4 Å². The van der Waals surface area contributed by atoms with Gasteiger partial charge in [0.15, 0.2) is 0 Å². The molecule has 10 heteroatoms. The minimum Gasteiger partial charge on any atom is -0.457 e. The van der Waals surface area contributed by atoms with Crippen LogP contribution >= 0.6 is 23.4 Å². The summed E-state index contributed by atoms with van der Waals surface area (Å²) in [7, 11) is 0. The minimum atomic E-state index is -0.566. The van der Waals surface area contributed by atoms with Gasteiger partial charge in [-0.25, -0.2) is 4.39 Å². The molecule has 0 saturated heterocycles. The number of rotatable bonds is 10. The number of hydrogen-bond acceptors (Lipinski definition) is 5. The smallest absolute Gasteiger partial charge is 0.272 e. The van der Waals surface area contributed by atoms with E-state index in [4.69, 9.17) is 16.0 Å². The summed E-state index contributed by atoms with van der Waals surface area (Å²) < 4.78 is 19.4. The molecule has 5 rings (SSSR count). The molecule has 4 aromatic carbocycles. The largest absolute Gasteiger partial charge is 0.457 e. The number of halogens is 2. The molecule has 0 spiro atoms. The molecule has 3 amide bonds. The molecule has 0 aliphatic carbocycles. The number of nitrogens with one attached hydrogen (secondary N) is 3. The first-order chi connectivity index (χ1) is 21.7. The van der Waals surface area contributed by atoms with Gasteiger partial charge in [0, 0.05) is 33.5 Å². The first kappa shape index (κ1) is 31.3. The van der Waals surface area contributed by atoms with Crippen LogP contribution in [0.1, 0.15) is 23.0 Å². The summed E-state index contributed by atoms with van der Waals surface area (Å²) in [5, 5.41) is 7.67. The Morgan fingerprint density at radius 1 is 0.822 bits per heavy atom. The van der Waals surface area contributed by atoms with Crippen LogP contribution in [0.5, 0.6) is 0 Å². The molecule has 45 heavy (non-hydrogen) atoms. The molecular weight excluding hydrogens is 613 g/mol. The lowest BCUT2D eigenvalue weighted by molar-refractivity contribution is -0.115. The number of thioether (sulfide) groups is 1. The molecule has 1 aromatic heterocycles. The highest BCUT2D eigenvalue weighted by Gasteiger charge is 2.18. The summed E-state index contributed by atoms with van der Waals surface area (Å²) in [6.45, 7) is 1.74. The van der Waals surface area contributed by atoms with Gasteiger partial charge in [0.2, 0.25) is 5.91 Å². The van der Waals surface area contributed by atoms with E-state index >= 15 is 0 Å². The Kier molecular flexibility index (Phi) is 10.1. The fraction of sp³-hybridized carbons (Fsp3) is 0.0571. The second-order valence-electron chi connectivity index (χ2n) is 9.80. The van der Waals surface area contributed by atoms with Gasteiger partial charge in [-0.05, 0) is 73.7 Å². The molecule has 226 valence electrons. The normalized spacial score (nSPS) is 11.8. The predicted octanol–water partition coefficient (Wildman–Crippen LogP) is 8.27. The topological polar surface area (TPSA) is 100 Å². The monoisotopic (exact) mass is 639 g/mol. The highest BCUT2D eigenvalue weighted by atomic mass is 35.5. The summed E-state index contributed by atoms with van der Waals surface area (Å²) in [4.78, 5) is 39.8. The molecule has 0 saturated carbocycles. The zero-order chi connectivity index (χ0) is 31.8. The van der Waals surface area contributed by atoms with E-state index in [2.05, 4.69) is 16.0 Å². The van der Waals surface area contributed by atoms with Crippen LogP contribution in [0, 0.1) is 5.82 Å². The number of amides is 3. The number of anilines is 2. The summed E-state index contributed by atoms with van der Waals surface area (Å²) in [5.41, 5.74) is 2.13. The van der Waals surface area contributed by atoms with Gasteiger partial charge in [-0.3, -0.25) is 14.4 Å². The first-order valence-electron chi connectivity index (χ1n) is 13.8. The van der Waals surface area contributed by atoms with Crippen LogP contribution in [0.15, 0.2) is 130 Å². The highest BCUT2D eigenvalue weighted by molar-refractivity contribution is 8.00. The van der Waals surface area contributed by atoms with Crippen LogP contribution in [0.3, 0.4) is 0 Å². The number of carbonyl (C=O) groups excluding carboxylic acids is 3. The van der Waals surface area contributed by atoms with Crippen molar-refractivity contribution in [1.29, 1.82) is 0 Å². The molecule has 7 nitrogen and oxygen atoms in total. The van der Waals surface area contributed by atoms with Crippen molar-refractivity contribution >= 4 is 58.5 Å². The van der Waals surface area contributed by atoms with Crippen molar-refractivity contribution in [2.45, 2.75) is 17.1 Å². The van der Waals surface area contributed by atoms with Crippen LogP contribution in [0.2, 0.25) is 5.02 Å². The summed E-state index contributed by atoms with van der Waals surface area (Å²) in [6, 6.07) is 32.5. The van der Waals surface area contributed by atoms with E-state index in [0.29, 0.717) is 28.5 Å². The fourth-order valence-corrected chi connectivity index (χ4v) is 5.21. The molecule has 0 radical (unpaired) electrons. The average Bonchev–Trinajstić information content (AvgIpc) is 3.53. The lowest BCUT2D eigenvalue weighted by atomic mass is 10.2. The molecule has 5 aromatic rings. The van der Waals surface area contributed by atoms with Crippen molar-refractivity contribution in [3.63, 3.8) is 0 Å². The Morgan fingerprint density at radius 3 is 2.18 bits per heavy atom. The van der Waals surface area contributed by atoms with Crippen LogP contribution in [0.25, 0.3) is 17.4 Å². The number of furan rings is 1. The maximum absolute atomic E-state index is 13.4. The van der Waals surface area contributed by atoms with E-state index in [9.17, 15) is 18.8 Å². The van der Waals surface area contributed by atoms with Gasteiger partial charge in [-0.1, -0.05) is 60.1 Å². The minimum absolute atomic E-state index is 0.0116. The van der Waals surface area contributed by atoms with Crippen molar-refractivity contribution in [1.82, 2.24) is 5.32 Å². The highest BCUT2D eigenvalue weighted by Crippen LogP contribution is 2.27. The Morgan fingerprint density at radius 2 is 1.49 bits per heavy atom. The van der Waals surface area contributed by atoms with E-state index in [1.54, 1.807) is 73.7 Å². The van der Waals surface area contributed by atoms with E-state index < -0.39 is 22.9 Å². The Labute approximate surface area is 268 Å². The van der Waals surface area contributed by atoms with E-state index in [-0.39, 0.29) is 16.6 Å². The third kappa shape index (κ3) is 8.50. The molecule has 1 heterocycles. The van der Waals surface area contributed by atoms with Crippen LogP contribution in [0.4, 0.5) is 15.8 Å². The van der Waals surface area contributed by atoms with Crippen LogP contribution in [-0.4, -0.2) is 23.0 Å². The van der Waals surface area contributed by atoms with Gasteiger partial charge in [0.1, 0.15) is 23.0 Å². The molecule has 0 aliphatic rings. The molecule has 0 fully saturated rings. The standard InChI is InChI=1S/C35H27ClFN3O4S/c1-22(33(41)39-26-14-18-30(37)29(36)20-26)45-28-16-12-25(13-17-28)38-35(43)31(40-34(42)24-10-6-3-7-11-24)21-27-15-19-32(44-27)23-8-4-2-5-9-23/h2-22H,1H3,(H,38,43)(H,39,41)(H,40,42). The predicted molar refractivity (Wildman–Crippen MR) is 176 cm³/mol. The van der Waals surface area contributed by atoms with E-state index in [1.807, 2.05) is 30.3 Å². The van der Waals surface area contributed by atoms with Crippen molar-refractivity contribution in [3.8, 4) is 11.3 Å². The fourth-order valence-electron chi connectivity index (χ4n) is 4.16. The molecule has 3 N–H and O–H groups in total. The quantitative estimate of drug-likeness (QED) is 0.105. The molecule has 1 atom stereocenters. The second-order valence-corrected chi connectivity index (χ2v) is 11.6. The Balaban J connectivity index is 1.27. The SMILES string of the molecule is CC(Sc1ccc(NC(=O)C(=Cc2ccc(-c3ccccc3)o2)NC(=O)c2ccccc2)cc1)C(=O)Nc1ccc(F)c(Cl)c1. The molecule has 0 bridgehead atoms. The molecule has 1 unspecified atom stereocenters. The number of carbonyl (C=O) groups is 3. The Hall–Kier alpha value is -5.12. The lowest BCUT2D eigenvalue weighted by Gasteiger charge is -2.13. The van der Waals surface area contributed by atoms with Crippen molar-refractivity contribution in [2.24, 2.45) is 0 Å². The van der Waals surface area contributed by atoms with Gasteiger partial charge in [0.25, 0.3) is 11.8 Å². The summed E-state index contributed by atoms with van der Waals surface area (Å²) in [5.74, 6) is -0.847. The number of benzene rings is 4. The lowest BCUT2D eigenvalue weighted by Crippen LogP contribution is -2.30. The maximum atomic E-state index is 13.4. The summed E-state index contributed by atoms with van der Waals surface area (Å²) in [6.07, 6.45) is 1.47. The third-order valence-electron chi connectivity index (χ3n) is 6.48. The van der Waals surface area contributed by atoms with Crippen molar-refractivity contribution in [3.05, 3.63) is 143 Å². The maximum Gasteiger partial charge on any atom is 0.272 e. The third-order valence-corrected chi connectivity index (χ3v) is 7.88. The van der Waals surface area contributed by atoms with E-state index in [1.165, 1.54) is 36.0 Å². The molecular formula is C35H27ClFN3O4S. The first-order valence-corrected chi connectivity index (χ1v) is 15.1. The van der Waals surface area contributed by atoms with Crippen molar-refractivity contribution in [2.75, 3.05) is 10.6 Å². The second kappa shape index (κ2) is 14.6. The molecule has 0 aliphatic heterocycles. The van der Waals surface area contributed by atoms with Crippen LogP contribution < -0.4 is 16.0 Å². The zero-order valence-electron chi connectivity index (χ0n) is 23.9. The van der Waals surface area contributed by atoms with E-state index in [0.717, 1.165) is 10.5 Å². The number of hydrogen-bond donors (Lipinski definition) is 3. The van der Waals surface area contributed by atoms with Gasteiger partial charge in [-0.15, -0.1) is 11.8 Å². The van der Waals surface area contributed by atoms with Gasteiger partial charge in [-0.2, -0.15) is 0 Å². The zero-order valence-corrected chi connectivity index (χ0v) is 25.5. The van der Waals surface area contributed by atoms with Crippen LogP contribution in [-0.2, 0) is 9.59 Å². The summed E-state index contributed by atoms with van der Waals surface area (Å²) >= 11 is 7.11.